The van der Waals surface area contributed by atoms with E-state index in [1.807, 2.05) is 0 Å². The molecule has 0 bridgehead atoms. The van der Waals surface area contributed by atoms with Crippen molar-refractivity contribution >= 4 is 29.3 Å². The summed E-state index contributed by atoms with van der Waals surface area (Å²) in [6.07, 6.45) is 2.50. The number of carboxylic acid groups (broad SMARTS) is 1. The lowest BCUT2D eigenvalue weighted by atomic mass is 10.3. The first kappa shape index (κ1) is 11.0. The Hall–Kier alpha value is -2.06. The fraction of sp³-hybridized carbons (Fsp3) is 0. The number of primary amides is 1. The Bertz CT molecular complexity index is 476. The third kappa shape index (κ3) is 4.11. The lowest BCUT2D eigenvalue weighted by Crippen LogP contribution is -2.05. The van der Waals surface area contributed by atoms with Gasteiger partial charge in [0.1, 0.15) is 0 Å². The maximum absolute atomic E-state index is 10.4. The Morgan fingerprint density at radius 2 is 2.27 bits per heavy atom. The molecule has 4 nitrogen and oxygen atoms in total. The highest BCUT2D eigenvalue weighted by atomic mass is 32.1. The molecule has 15 heavy (non-hydrogen) atoms. The van der Waals surface area contributed by atoms with Gasteiger partial charge in [0.25, 0.3) is 5.91 Å². The van der Waals surface area contributed by atoms with E-state index in [9.17, 15) is 9.59 Å². The molecule has 1 rings (SSSR count). The van der Waals surface area contributed by atoms with Crippen molar-refractivity contribution in [2.45, 2.75) is 0 Å². The van der Waals surface area contributed by atoms with Gasteiger partial charge in [-0.05, 0) is 12.1 Å². The number of rotatable bonds is 2. The molecule has 1 aromatic rings. The molecule has 0 spiro atoms. The molecule has 0 radical (unpaired) electrons. The number of carboxylic acids is 1. The molecule has 76 valence electrons. The maximum Gasteiger partial charge on any atom is 0.328 e. The minimum Gasteiger partial charge on any atom is -0.478 e. The van der Waals surface area contributed by atoms with E-state index in [4.69, 9.17) is 10.8 Å². The molecule has 3 N–H and O–H groups in total. The summed E-state index contributed by atoms with van der Waals surface area (Å²) in [5.74, 6) is 3.05. The smallest absolute Gasteiger partial charge is 0.328 e. The number of aliphatic carboxylic acids is 1. The summed E-state index contributed by atoms with van der Waals surface area (Å²) in [7, 11) is 0. The van der Waals surface area contributed by atoms with Gasteiger partial charge in [-0.15, -0.1) is 11.3 Å². The fourth-order valence-electron chi connectivity index (χ4n) is 0.793. The second-order valence-corrected chi connectivity index (χ2v) is 3.47. The minimum absolute atomic E-state index is 0.642. The monoisotopic (exact) mass is 221 g/mol. The molecule has 5 heteroatoms. The van der Waals surface area contributed by atoms with Crippen molar-refractivity contribution in [3.05, 3.63) is 28.0 Å². The molecule has 0 saturated heterocycles. The molecule has 0 saturated carbocycles. The third-order valence-electron chi connectivity index (χ3n) is 1.34. The van der Waals surface area contributed by atoms with Gasteiger partial charge in [0.2, 0.25) is 0 Å². The first-order chi connectivity index (χ1) is 7.08. The average molecular weight is 221 g/mol. The van der Waals surface area contributed by atoms with E-state index in [0.717, 1.165) is 11.0 Å². The highest BCUT2D eigenvalue weighted by Crippen LogP contribution is 2.15. The van der Waals surface area contributed by atoms with Crippen molar-refractivity contribution in [2.24, 2.45) is 5.73 Å². The first-order valence-electron chi connectivity index (χ1n) is 3.89. The summed E-state index contributed by atoms with van der Waals surface area (Å²) < 4.78 is 0. The summed E-state index contributed by atoms with van der Waals surface area (Å²) in [5.41, 5.74) is 5.49. The second kappa shape index (κ2) is 4.98. The van der Waals surface area contributed by atoms with Crippen LogP contribution in [0.5, 0.6) is 0 Å². The highest BCUT2D eigenvalue weighted by molar-refractivity contribution is 7.11. The van der Waals surface area contributed by atoms with Crippen LogP contribution in [0.15, 0.2) is 17.5 Å². The van der Waals surface area contributed by atoms with Crippen molar-refractivity contribution in [1.29, 1.82) is 0 Å². The second-order valence-electron chi connectivity index (χ2n) is 2.52. The summed E-state index contributed by atoms with van der Waals surface area (Å²) in [6.45, 7) is 0. The zero-order chi connectivity index (χ0) is 11.3. The molecule has 0 unspecified atom stereocenters. The van der Waals surface area contributed by atoms with Crippen LogP contribution in [0.2, 0.25) is 0 Å². The molecule has 0 fully saturated rings. The van der Waals surface area contributed by atoms with Crippen LogP contribution in [0.1, 0.15) is 10.4 Å². The Morgan fingerprint density at radius 1 is 1.53 bits per heavy atom. The SMILES string of the molecule is NC(=O)C#Cc1csc(/C=C/C(=O)O)c1. The van der Waals surface area contributed by atoms with Crippen molar-refractivity contribution in [3.8, 4) is 11.8 Å². The largest absolute Gasteiger partial charge is 0.478 e. The summed E-state index contributed by atoms with van der Waals surface area (Å²) >= 11 is 1.34. The zero-order valence-corrected chi connectivity index (χ0v) is 8.38. The van der Waals surface area contributed by atoms with Crippen molar-refractivity contribution in [2.75, 3.05) is 0 Å². The van der Waals surface area contributed by atoms with Crippen LogP contribution in [-0.2, 0) is 9.59 Å². The lowest BCUT2D eigenvalue weighted by Gasteiger charge is -1.80. The lowest BCUT2D eigenvalue weighted by molar-refractivity contribution is -0.131. The summed E-state index contributed by atoms with van der Waals surface area (Å²) in [5, 5.41) is 10.1. The fourth-order valence-corrected chi connectivity index (χ4v) is 1.52. The van der Waals surface area contributed by atoms with E-state index in [1.54, 1.807) is 11.4 Å². The topological polar surface area (TPSA) is 80.4 Å². The predicted molar refractivity (Wildman–Crippen MR) is 57.1 cm³/mol. The number of hydrogen-bond acceptors (Lipinski definition) is 3. The van der Waals surface area contributed by atoms with Crippen molar-refractivity contribution < 1.29 is 14.7 Å². The van der Waals surface area contributed by atoms with Crippen LogP contribution in [0.25, 0.3) is 6.08 Å². The van der Waals surface area contributed by atoms with Gasteiger partial charge in [0, 0.05) is 27.8 Å². The number of hydrogen-bond donors (Lipinski definition) is 2. The number of thiophene rings is 1. The Labute approximate surface area is 90.0 Å². The van der Waals surface area contributed by atoms with Gasteiger partial charge in [-0.3, -0.25) is 4.79 Å². The van der Waals surface area contributed by atoms with Crippen LogP contribution in [0.4, 0.5) is 0 Å². The van der Waals surface area contributed by atoms with E-state index in [-0.39, 0.29) is 0 Å². The van der Waals surface area contributed by atoms with Gasteiger partial charge in [0.15, 0.2) is 0 Å². The highest BCUT2D eigenvalue weighted by Gasteiger charge is 1.95. The zero-order valence-electron chi connectivity index (χ0n) is 7.56. The Kier molecular flexibility index (Phi) is 3.66. The van der Waals surface area contributed by atoms with Gasteiger partial charge < -0.3 is 10.8 Å². The van der Waals surface area contributed by atoms with Gasteiger partial charge in [0.05, 0.1) is 0 Å². The van der Waals surface area contributed by atoms with Crippen molar-refractivity contribution in [3.63, 3.8) is 0 Å². The molecule has 1 amide bonds. The summed E-state index contributed by atoms with van der Waals surface area (Å²) in [6, 6.07) is 1.68. The number of nitrogens with two attached hydrogens (primary N) is 1. The van der Waals surface area contributed by atoms with Crippen LogP contribution in [0.3, 0.4) is 0 Å². The van der Waals surface area contributed by atoms with Gasteiger partial charge >= 0.3 is 5.97 Å². The van der Waals surface area contributed by atoms with Gasteiger partial charge in [-0.25, -0.2) is 4.79 Å². The molecular weight excluding hydrogens is 214 g/mol. The van der Waals surface area contributed by atoms with Crippen LogP contribution in [0, 0.1) is 11.8 Å². The summed E-state index contributed by atoms with van der Waals surface area (Å²) in [4.78, 5) is 21.3. The van der Waals surface area contributed by atoms with E-state index in [2.05, 4.69) is 11.8 Å². The molecule has 1 heterocycles. The molecule has 0 atom stereocenters. The van der Waals surface area contributed by atoms with E-state index >= 15 is 0 Å². The van der Waals surface area contributed by atoms with Crippen LogP contribution < -0.4 is 5.73 Å². The van der Waals surface area contributed by atoms with Crippen LogP contribution >= 0.6 is 11.3 Å². The molecule has 0 aliphatic carbocycles. The molecule has 0 aliphatic rings. The molecular formula is C10H7NO3S. The normalized spacial score (nSPS) is 9.60. The predicted octanol–water partition coefficient (Wildman–Crippen LogP) is 0.683. The third-order valence-corrected chi connectivity index (χ3v) is 2.24. The maximum atomic E-state index is 10.4. The van der Waals surface area contributed by atoms with Gasteiger partial charge in [-0.1, -0.05) is 5.92 Å². The number of carbonyl (C=O) groups excluding carboxylic acids is 1. The van der Waals surface area contributed by atoms with E-state index in [1.165, 1.54) is 17.4 Å². The standard InChI is InChI=1S/C10H7NO3S/c11-9(12)3-1-7-5-8(15-6-7)2-4-10(13)14/h2,4-6H,(H2,11,12)(H,13,14)/b4-2+. The van der Waals surface area contributed by atoms with E-state index in [0.29, 0.717) is 5.56 Å². The minimum atomic E-state index is -1.01. The van der Waals surface area contributed by atoms with Crippen LogP contribution in [-0.4, -0.2) is 17.0 Å². The molecule has 0 aromatic carbocycles. The first-order valence-corrected chi connectivity index (χ1v) is 4.77. The number of carbonyl (C=O) groups is 2. The van der Waals surface area contributed by atoms with Gasteiger partial charge in [-0.2, -0.15) is 0 Å². The Balaban J connectivity index is 2.78. The van der Waals surface area contributed by atoms with Crippen molar-refractivity contribution in [1.82, 2.24) is 0 Å². The Morgan fingerprint density at radius 3 is 2.87 bits per heavy atom. The van der Waals surface area contributed by atoms with E-state index < -0.39 is 11.9 Å². The molecule has 1 aromatic heterocycles. The number of amides is 1. The quantitative estimate of drug-likeness (QED) is 0.569. The molecule has 0 aliphatic heterocycles. The average Bonchev–Trinajstić information content (AvgIpc) is 2.59.